The van der Waals surface area contributed by atoms with Crippen LogP contribution in [0.2, 0.25) is 0 Å². The zero-order valence-corrected chi connectivity index (χ0v) is 15.3. The predicted molar refractivity (Wildman–Crippen MR) is 97.6 cm³/mol. The Labute approximate surface area is 149 Å². The van der Waals surface area contributed by atoms with Crippen molar-refractivity contribution < 1.29 is 9.90 Å². The average Bonchev–Trinajstić information content (AvgIpc) is 2.92. The van der Waals surface area contributed by atoms with E-state index in [1.54, 1.807) is 11.9 Å². The summed E-state index contributed by atoms with van der Waals surface area (Å²) in [7, 11) is 1.80. The van der Waals surface area contributed by atoms with Crippen LogP contribution >= 0.6 is 0 Å². The van der Waals surface area contributed by atoms with Gasteiger partial charge in [-0.2, -0.15) is 5.10 Å². The third-order valence-electron chi connectivity index (χ3n) is 5.15. The number of likely N-dealkylation sites (N-methyl/N-ethyl adjacent to an activating group) is 1. The molecule has 2 atom stereocenters. The Morgan fingerprint density at radius 2 is 1.92 bits per heavy atom. The van der Waals surface area contributed by atoms with Crippen molar-refractivity contribution in [3.8, 4) is 0 Å². The number of hydrogen-bond donors (Lipinski definition) is 1. The van der Waals surface area contributed by atoms with Gasteiger partial charge in [-0.05, 0) is 50.5 Å². The smallest absolute Gasteiger partial charge is 0.253 e. The molecular weight excluding hydrogens is 314 g/mol. The quantitative estimate of drug-likeness (QED) is 0.930. The number of nitrogens with zero attached hydrogens (tertiary/aromatic N) is 3. The lowest BCUT2D eigenvalue weighted by atomic mass is 9.91. The van der Waals surface area contributed by atoms with Gasteiger partial charge < -0.3 is 10.0 Å². The number of aliphatic hydroxyl groups is 1. The van der Waals surface area contributed by atoms with Crippen LogP contribution in [0.5, 0.6) is 0 Å². The van der Waals surface area contributed by atoms with Crippen LogP contribution in [0.4, 0.5) is 0 Å². The van der Waals surface area contributed by atoms with Gasteiger partial charge in [-0.3, -0.25) is 9.48 Å². The monoisotopic (exact) mass is 341 g/mol. The number of carbonyl (C=O) groups excluding carboxylic acids is 1. The maximum absolute atomic E-state index is 12.7. The van der Waals surface area contributed by atoms with Crippen LogP contribution in [0.25, 0.3) is 0 Å². The number of aliphatic hydroxyl groups excluding tert-OH is 1. The standard InChI is InChI=1S/C20H27N3O2/c1-14-12-15(2)23(21-14)13-16-8-10-17(11-9-16)20(25)22(3)18-6-4-5-7-19(18)24/h8-12,18-19,24H,4-7,13H2,1-3H3/t18-,19-/m1/s1. The highest BCUT2D eigenvalue weighted by molar-refractivity contribution is 5.94. The maximum Gasteiger partial charge on any atom is 0.253 e. The van der Waals surface area contributed by atoms with Gasteiger partial charge in [-0.25, -0.2) is 0 Å². The minimum Gasteiger partial charge on any atom is -0.391 e. The molecule has 0 radical (unpaired) electrons. The van der Waals surface area contributed by atoms with Gasteiger partial charge in [0.15, 0.2) is 0 Å². The SMILES string of the molecule is Cc1cc(C)n(Cc2ccc(C(=O)N(C)[C@@H]3CCCC[C@H]3O)cc2)n1. The molecule has 1 amide bonds. The first-order valence-corrected chi connectivity index (χ1v) is 9.01. The number of rotatable bonds is 4. The Bertz CT molecular complexity index is 736. The van der Waals surface area contributed by atoms with Crippen molar-refractivity contribution in [3.05, 3.63) is 52.8 Å². The third-order valence-corrected chi connectivity index (χ3v) is 5.15. The van der Waals surface area contributed by atoms with Crippen LogP contribution in [-0.2, 0) is 6.54 Å². The molecule has 1 aliphatic carbocycles. The van der Waals surface area contributed by atoms with Crippen LogP contribution < -0.4 is 0 Å². The molecule has 0 aliphatic heterocycles. The molecule has 0 spiro atoms. The molecule has 1 heterocycles. The first kappa shape index (κ1) is 17.7. The van der Waals surface area contributed by atoms with E-state index in [0.717, 1.165) is 42.6 Å². The summed E-state index contributed by atoms with van der Waals surface area (Å²) in [6.45, 7) is 4.73. The van der Waals surface area contributed by atoms with Gasteiger partial charge in [0.25, 0.3) is 5.91 Å². The zero-order valence-electron chi connectivity index (χ0n) is 15.3. The van der Waals surface area contributed by atoms with Gasteiger partial charge >= 0.3 is 0 Å². The topological polar surface area (TPSA) is 58.4 Å². The van der Waals surface area contributed by atoms with E-state index >= 15 is 0 Å². The van der Waals surface area contributed by atoms with E-state index in [0.29, 0.717) is 12.1 Å². The molecule has 1 N–H and O–H groups in total. The summed E-state index contributed by atoms with van der Waals surface area (Å²) >= 11 is 0. The van der Waals surface area contributed by atoms with Gasteiger partial charge in [0, 0.05) is 18.3 Å². The first-order chi connectivity index (χ1) is 12.0. The van der Waals surface area contributed by atoms with E-state index in [1.165, 1.54) is 0 Å². The average molecular weight is 341 g/mol. The molecule has 2 aromatic rings. The summed E-state index contributed by atoms with van der Waals surface area (Å²) in [5.74, 6) is -0.0244. The van der Waals surface area contributed by atoms with Crippen LogP contribution in [0.3, 0.4) is 0 Å². The van der Waals surface area contributed by atoms with E-state index in [-0.39, 0.29) is 11.9 Å². The van der Waals surface area contributed by atoms with Crippen molar-refractivity contribution in [3.63, 3.8) is 0 Å². The number of amides is 1. The number of aromatic nitrogens is 2. The summed E-state index contributed by atoms with van der Waals surface area (Å²) in [5, 5.41) is 14.6. The minimum absolute atomic E-state index is 0.0244. The molecule has 134 valence electrons. The second-order valence-electron chi connectivity index (χ2n) is 7.12. The van der Waals surface area contributed by atoms with E-state index < -0.39 is 6.10 Å². The van der Waals surface area contributed by atoms with Crippen molar-refractivity contribution in [2.45, 2.75) is 58.2 Å². The minimum atomic E-state index is -0.409. The van der Waals surface area contributed by atoms with Gasteiger partial charge in [0.2, 0.25) is 0 Å². The summed E-state index contributed by atoms with van der Waals surface area (Å²) < 4.78 is 1.97. The number of carbonyl (C=O) groups is 1. The molecule has 0 saturated heterocycles. The fourth-order valence-corrected chi connectivity index (χ4v) is 3.66. The van der Waals surface area contributed by atoms with Crippen molar-refractivity contribution in [2.75, 3.05) is 7.05 Å². The Morgan fingerprint density at radius 1 is 1.24 bits per heavy atom. The van der Waals surface area contributed by atoms with Gasteiger partial charge in [0.1, 0.15) is 0 Å². The van der Waals surface area contributed by atoms with Crippen molar-refractivity contribution >= 4 is 5.91 Å². The van der Waals surface area contributed by atoms with Crippen LogP contribution in [0.1, 0.15) is 53.0 Å². The Balaban J connectivity index is 1.68. The Morgan fingerprint density at radius 3 is 2.52 bits per heavy atom. The molecule has 5 nitrogen and oxygen atoms in total. The van der Waals surface area contributed by atoms with E-state index in [1.807, 2.05) is 42.8 Å². The molecule has 1 aromatic heterocycles. The molecule has 1 saturated carbocycles. The molecule has 3 rings (SSSR count). The summed E-state index contributed by atoms with van der Waals surface area (Å²) in [6, 6.07) is 9.69. The third kappa shape index (κ3) is 3.93. The molecule has 1 fully saturated rings. The highest BCUT2D eigenvalue weighted by atomic mass is 16.3. The molecule has 5 heteroatoms. The number of hydrogen-bond acceptors (Lipinski definition) is 3. The van der Waals surface area contributed by atoms with E-state index in [2.05, 4.69) is 11.2 Å². The van der Waals surface area contributed by atoms with Crippen molar-refractivity contribution in [1.29, 1.82) is 0 Å². The second kappa shape index (κ2) is 7.40. The molecule has 0 unspecified atom stereocenters. The molecular formula is C20H27N3O2. The zero-order chi connectivity index (χ0) is 18.0. The van der Waals surface area contributed by atoms with Crippen molar-refractivity contribution in [2.24, 2.45) is 0 Å². The van der Waals surface area contributed by atoms with E-state index in [4.69, 9.17) is 0 Å². The van der Waals surface area contributed by atoms with Gasteiger partial charge in [-0.1, -0.05) is 25.0 Å². The van der Waals surface area contributed by atoms with Crippen LogP contribution in [-0.4, -0.2) is 44.9 Å². The van der Waals surface area contributed by atoms with Gasteiger partial charge in [-0.15, -0.1) is 0 Å². The highest BCUT2D eigenvalue weighted by Crippen LogP contribution is 2.23. The lowest BCUT2D eigenvalue weighted by Crippen LogP contribution is -2.46. The fraction of sp³-hybridized carbons (Fsp3) is 0.500. The van der Waals surface area contributed by atoms with E-state index in [9.17, 15) is 9.90 Å². The molecule has 1 aliphatic rings. The van der Waals surface area contributed by atoms with Gasteiger partial charge in [0.05, 0.1) is 24.4 Å². The summed E-state index contributed by atoms with van der Waals surface area (Å²) in [4.78, 5) is 14.4. The predicted octanol–water partition coefficient (Wildman–Crippen LogP) is 2.92. The van der Waals surface area contributed by atoms with Crippen LogP contribution in [0, 0.1) is 13.8 Å². The Kier molecular flexibility index (Phi) is 5.23. The lowest BCUT2D eigenvalue weighted by molar-refractivity contribution is 0.0268. The molecule has 0 bridgehead atoms. The summed E-state index contributed by atoms with van der Waals surface area (Å²) in [5.41, 5.74) is 3.92. The highest BCUT2D eigenvalue weighted by Gasteiger charge is 2.29. The molecule has 1 aromatic carbocycles. The summed E-state index contributed by atoms with van der Waals surface area (Å²) in [6.07, 6.45) is 3.36. The first-order valence-electron chi connectivity index (χ1n) is 9.01. The lowest BCUT2D eigenvalue weighted by Gasteiger charge is -2.35. The maximum atomic E-state index is 12.7. The van der Waals surface area contributed by atoms with Crippen LogP contribution in [0.15, 0.2) is 30.3 Å². The largest absolute Gasteiger partial charge is 0.391 e. The van der Waals surface area contributed by atoms with Crippen molar-refractivity contribution in [1.82, 2.24) is 14.7 Å². The fourth-order valence-electron chi connectivity index (χ4n) is 3.66. The molecule has 25 heavy (non-hydrogen) atoms. The normalized spacial score (nSPS) is 20.5. The second-order valence-corrected chi connectivity index (χ2v) is 7.12. The number of aryl methyl sites for hydroxylation is 2. The number of benzene rings is 1. The Hall–Kier alpha value is -2.14.